The van der Waals surface area contributed by atoms with Crippen molar-refractivity contribution in [2.75, 3.05) is 0 Å². The van der Waals surface area contributed by atoms with Crippen LogP contribution in [0.25, 0.3) is 0 Å². The van der Waals surface area contributed by atoms with E-state index in [0.717, 1.165) is 0 Å². The Morgan fingerprint density at radius 3 is 1.67 bits per heavy atom. The van der Waals surface area contributed by atoms with Gasteiger partial charge < -0.3 is 5.11 Å². The van der Waals surface area contributed by atoms with E-state index in [1.807, 2.05) is 0 Å². The highest BCUT2D eigenvalue weighted by Crippen LogP contribution is 2.32. The highest BCUT2D eigenvalue weighted by Gasteiger charge is 2.46. The Labute approximate surface area is 71.6 Å². The molecule has 0 rings (SSSR count). The fraction of sp³-hybridized carbons (Fsp3) is 0.857. The molecular weight excluding hydrogens is 185 g/mol. The highest BCUT2D eigenvalue weighted by molar-refractivity contribution is 6.79. The minimum atomic E-state index is -4.34. The van der Waals surface area contributed by atoms with Crippen LogP contribution >= 0.6 is 0 Å². The largest absolute Gasteiger partial charge is 0.393 e. The van der Waals surface area contributed by atoms with Crippen LogP contribution in [0.5, 0.6) is 0 Å². The van der Waals surface area contributed by atoms with Crippen LogP contribution in [0.4, 0.5) is 13.2 Å². The summed E-state index contributed by atoms with van der Waals surface area (Å²) >= 11 is 0. The first-order valence-electron chi connectivity index (χ1n) is 3.60. The van der Waals surface area contributed by atoms with Crippen molar-refractivity contribution in [2.45, 2.75) is 37.5 Å². The van der Waals surface area contributed by atoms with Crippen molar-refractivity contribution in [2.24, 2.45) is 0 Å². The molecule has 0 spiro atoms. The summed E-state index contributed by atoms with van der Waals surface area (Å²) in [5.74, 6) is 0. The van der Waals surface area contributed by atoms with E-state index < -0.39 is 25.9 Å². The van der Waals surface area contributed by atoms with E-state index in [1.54, 1.807) is 19.6 Å². The SMILES string of the molecule is [CH2]C(O)(CC(F)(F)F)[Si](C)(C)C. The van der Waals surface area contributed by atoms with Crippen molar-refractivity contribution >= 4 is 8.07 Å². The maximum absolute atomic E-state index is 11.9. The zero-order valence-electron chi connectivity index (χ0n) is 7.50. The quantitative estimate of drug-likeness (QED) is 0.677. The Kier molecular flexibility index (Phi) is 3.02. The van der Waals surface area contributed by atoms with Crippen molar-refractivity contribution in [1.29, 1.82) is 0 Å². The Morgan fingerprint density at radius 1 is 1.25 bits per heavy atom. The molecule has 73 valence electrons. The summed E-state index contributed by atoms with van der Waals surface area (Å²) in [4.78, 5) is 0. The van der Waals surface area contributed by atoms with Crippen molar-refractivity contribution in [3.8, 4) is 0 Å². The molecule has 0 saturated carbocycles. The summed E-state index contributed by atoms with van der Waals surface area (Å²) in [6.45, 7) is 8.20. The summed E-state index contributed by atoms with van der Waals surface area (Å²) < 4.78 is 35.7. The number of halogens is 3. The molecule has 12 heavy (non-hydrogen) atoms. The molecule has 0 aromatic carbocycles. The number of hydrogen-bond donors (Lipinski definition) is 1. The van der Waals surface area contributed by atoms with E-state index in [-0.39, 0.29) is 0 Å². The minimum absolute atomic E-state index is 1.21. The Bertz CT molecular complexity index is 157. The van der Waals surface area contributed by atoms with Gasteiger partial charge in [0.15, 0.2) is 0 Å². The lowest BCUT2D eigenvalue weighted by Crippen LogP contribution is -2.52. The van der Waals surface area contributed by atoms with Gasteiger partial charge in [-0.2, -0.15) is 13.2 Å². The first kappa shape index (κ1) is 12.0. The normalized spacial score (nSPS) is 19.0. The second kappa shape index (κ2) is 3.03. The predicted octanol–water partition coefficient (Wildman–Crippen LogP) is 2.38. The standard InChI is InChI=1S/C7H14F3OSi/c1-6(11,12(2,3)4)5-7(8,9)10/h11H,1,5H2,2-4H3. The van der Waals surface area contributed by atoms with E-state index in [4.69, 9.17) is 0 Å². The molecule has 1 nitrogen and oxygen atoms in total. The average molecular weight is 199 g/mol. The van der Waals surface area contributed by atoms with Gasteiger partial charge in [-0.1, -0.05) is 19.6 Å². The summed E-state index contributed by atoms with van der Waals surface area (Å²) in [5.41, 5.74) is 0. The fourth-order valence-corrected chi connectivity index (χ4v) is 1.33. The third-order valence-corrected chi connectivity index (χ3v) is 4.86. The highest BCUT2D eigenvalue weighted by atomic mass is 28.3. The lowest BCUT2D eigenvalue weighted by atomic mass is 10.3. The molecule has 0 amide bonds. The molecule has 1 atom stereocenters. The van der Waals surface area contributed by atoms with Crippen LogP contribution in [-0.4, -0.2) is 24.6 Å². The van der Waals surface area contributed by atoms with Crippen molar-refractivity contribution in [1.82, 2.24) is 0 Å². The molecule has 1 radical (unpaired) electrons. The maximum atomic E-state index is 11.9. The van der Waals surface area contributed by atoms with Gasteiger partial charge in [-0.05, 0) is 6.92 Å². The average Bonchev–Trinajstić information content (AvgIpc) is 1.52. The molecule has 0 saturated heterocycles. The molecule has 0 heterocycles. The molecule has 1 unspecified atom stereocenters. The second-order valence-electron chi connectivity index (χ2n) is 4.07. The first-order valence-corrected chi connectivity index (χ1v) is 7.10. The van der Waals surface area contributed by atoms with Gasteiger partial charge in [-0.25, -0.2) is 0 Å². The van der Waals surface area contributed by atoms with Gasteiger partial charge in [0.25, 0.3) is 0 Å². The summed E-state index contributed by atoms with van der Waals surface area (Å²) in [6.07, 6.45) is -5.55. The number of alkyl halides is 3. The van der Waals surface area contributed by atoms with Gasteiger partial charge in [0.1, 0.15) is 0 Å². The molecule has 0 aliphatic rings. The molecule has 5 heteroatoms. The van der Waals surface area contributed by atoms with Crippen molar-refractivity contribution in [3.05, 3.63) is 6.92 Å². The molecule has 0 aromatic heterocycles. The van der Waals surface area contributed by atoms with Gasteiger partial charge in [-0.3, -0.25) is 0 Å². The van der Waals surface area contributed by atoms with Crippen LogP contribution in [0.3, 0.4) is 0 Å². The van der Waals surface area contributed by atoms with Gasteiger partial charge in [0.2, 0.25) is 0 Å². The van der Waals surface area contributed by atoms with Crippen LogP contribution in [0, 0.1) is 6.92 Å². The van der Waals surface area contributed by atoms with E-state index in [9.17, 15) is 18.3 Å². The molecule has 1 N–H and O–H groups in total. The maximum Gasteiger partial charge on any atom is 0.391 e. The minimum Gasteiger partial charge on any atom is -0.393 e. The zero-order valence-corrected chi connectivity index (χ0v) is 8.50. The molecule has 0 aliphatic carbocycles. The summed E-state index contributed by atoms with van der Waals surface area (Å²) in [5, 5.41) is 7.60. The lowest BCUT2D eigenvalue weighted by molar-refractivity contribution is -0.155. The van der Waals surface area contributed by atoms with E-state index >= 15 is 0 Å². The number of rotatable bonds is 2. The topological polar surface area (TPSA) is 20.2 Å². The van der Waals surface area contributed by atoms with E-state index in [0.29, 0.717) is 0 Å². The second-order valence-corrected chi connectivity index (χ2v) is 9.50. The Hall–Kier alpha value is -0.0331. The molecule has 0 bridgehead atoms. The third-order valence-electron chi connectivity index (χ3n) is 1.89. The van der Waals surface area contributed by atoms with Gasteiger partial charge in [-0.15, -0.1) is 0 Å². The van der Waals surface area contributed by atoms with Crippen LogP contribution in [0.1, 0.15) is 6.42 Å². The van der Waals surface area contributed by atoms with Crippen LogP contribution in [-0.2, 0) is 0 Å². The van der Waals surface area contributed by atoms with Crippen molar-refractivity contribution < 1.29 is 18.3 Å². The Morgan fingerprint density at radius 2 is 1.58 bits per heavy atom. The van der Waals surface area contributed by atoms with Gasteiger partial charge in [0.05, 0.1) is 19.7 Å². The fourth-order valence-electron chi connectivity index (χ4n) is 0.597. The zero-order chi connectivity index (χ0) is 10.2. The van der Waals surface area contributed by atoms with E-state index in [2.05, 4.69) is 6.92 Å². The molecule has 0 fully saturated rings. The summed E-state index contributed by atoms with van der Waals surface area (Å²) in [7, 11) is -2.27. The molecule has 0 aromatic rings. The van der Waals surface area contributed by atoms with Crippen LogP contribution < -0.4 is 0 Å². The first-order chi connectivity index (χ1) is 4.96. The summed E-state index contributed by atoms with van der Waals surface area (Å²) in [6, 6.07) is 0. The van der Waals surface area contributed by atoms with Gasteiger partial charge >= 0.3 is 6.18 Å². The third kappa shape index (κ3) is 3.58. The predicted molar refractivity (Wildman–Crippen MR) is 44.3 cm³/mol. The molecular formula is C7H14F3OSi. The van der Waals surface area contributed by atoms with Crippen LogP contribution in [0.15, 0.2) is 0 Å². The smallest absolute Gasteiger partial charge is 0.391 e. The monoisotopic (exact) mass is 199 g/mol. The lowest BCUT2D eigenvalue weighted by Gasteiger charge is -2.35. The number of aliphatic hydroxyl groups is 1. The Balaban J connectivity index is 4.44. The van der Waals surface area contributed by atoms with E-state index in [1.165, 1.54) is 0 Å². The van der Waals surface area contributed by atoms with Gasteiger partial charge in [0, 0.05) is 0 Å². The number of hydrogen-bond acceptors (Lipinski definition) is 1. The molecule has 0 aliphatic heterocycles. The van der Waals surface area contributed by atoms with Crippen LogP contribution in [0.2, 0.25) is 19.6 Å². The van der Waals surface area contributed by atoms with Crippen molar-refractivity contribution in [3.63, 3.8) is 0 Å².